The standard InChI is InChI=1S/C12H20N4/c1-4-10-15-11(13)8(3)12(16-10)14-6-9-5-7(9)2/h7,9H,4-6H2,1-3H3,(H3,13,14,15,16). The van der Waals surface area contributed by atoms with Gasteiger partial charge in [0.2, 0.25) is 0 Å². The summed E-state index contributed by atoms with van der Waals surface area (Å²) in [5.74, 6) is 3.98. The molecule has 1 fully saturated rings. The monoisotopic (exact) mass is 220 g/mol. The third kappa shape index (κ3) is 2.26. The molecule has 4 nitrogen and oxygen atoms in total. The Morgan fingerprint density at radius 3 is 2.69 bits per heavy atom. The summed E-state index contributed by atoms with van der Waals surface area (Å²) >= 11 is 0. The number of nitrogens with zero attached hydrogens (tertiary/aromatic N) is 2. The molecule has 0 aromatic carbocycles. The largest absolute Gasteiger partial charge is 0.383 e. The zero-order chi connectivity index (χ0) is 11.7. The van der Waals surface area contributed by atoms with Crippen LogP contribution < -0.4 is 11.1 Å². The molecule has 0 spiro atoms. The fraction of sp³-hybridized carbons (Fsp3) is 0.667. The summed E-state index contributed by atoms with van der Waals surface area (Å²) in [7, 11) is 0. The van der Waals surface area contributed by atoms with Gasteiger partial charge in [0.25, 0.3) is 0 Å². The molecule has 1 heterocycles. The van der Waals surface area contributed by atoms with Crippen LogP contribution in [0.25, 0.3) is 0 Å². The smallest absolute Gasteiger partial charge is 0.134 e. The summed E-state index contributed by atoms with van der Waals surface area (Å²) < 4.78 is 0. The van der Waals surface area contributed by atoms with Crippen molar-refractivity contribution in [1.29, 1.82) is 0 Å². The molecule has 0 amide bonds. The summed E-state index contributed by atoms with van der Waals surface area (Å²) in [6, 6.07) is 0. The Kier molecular flexibility index (Phi) is 2.99. The molecule has 3 N–H and O–H groups in total. The van der Waals surface area contributed by atoms with E-state index >= 15 is 0 Å². The van der Waals surface area contributed by atoms with Gasteiger partial charge < -0.3 is 11.1 Å². The van der Waals surface area contributed by atoms with Crippen LogP contribution in [-0.4, -0.2) is 16.5 Å². The fourth-order valence-corrected chi connectivity index (χ4v) is 1.82. The van der Waals surface area contributed by atoms with Crippen molar-refractivity contribution < 1.29 is 0 Å². The van der Waals surface area contributed by atoms with Crippen LogP contribution in [0, 0.1) is 18.8 Å². The highest BCUT2D eigenvalue weighted by Gasteiger charge is 2.32. The number of nitrogen functional groups attached to an aromatic ring is 1. The number of rotatable bonds is 4. The van der Waals surface area contributed by atoms with Crippen LogP contribution >= 0.6 is 0 Å². The van der Waals surface area contributed by atoms with E-state index in [0.717, 1.165) is 42.0 Å². The van der Waals surface area contributed by atoms with Gasteiger partial charge in [-0.05, 0) is 25.2 Å². The van der Waals surface area contributed by atoms with Gasteiger partial charge in [0, 0.05) is 18.5 Å². The third-order valence-electron chi connectivity index (χ3n) is 3.35. The van der Waals surface area contributed by atoms with Crippen molar-refractivity contribution >= 4 is 11.6 Å². The zero-order valence-electron chi connectivity index (χ0n) is 10.2. The van der Waals surface area contributed by atoms with Crippen molar-refractivity contribution in [3.05, 3.63) is 11.4 Å². The van der Waals surface area contributed by atoms with Gasteiger partial charge in [0.05, 0.1) is 0 Å². The van der Waals surface area contributed by atoms with Crippen LogP contribution in [0.15, 0.2) is 0 Å². The minimum absolute atomic E-state index is 0.596. The van der Waals surface area contributed by atoms with Crippen LogP contribution in [0.1, 0.15) is 31.7 Å². The number of aryl methyl sites for hydroxylation is 1. The summed E-state index contributed by atoms with van der Waals surface area (Å²) in [5.41, 5.74) is 6.82. The molecule has 0 bridgehead atoms. The Morgan fingerprint density at radius 1 is 1.44 bits per heavy atom. The molecular formula is C12H20N4. The number of aromatic nitrogens is 2. The van der Waals surface area contributed by atoms with Crippen LogP contribution in [0.4, 0.5) is 11.6 Å². The first-order chi connectivity index (χ1) is 7.61. The molecular weight excluding hydrogens is 200 g/mol. The Balaban J connectivity index is 2.09. The normalized spacial score (nSPS) is 23.2. The maximum absolute atomic E-state index is 5.86. The lowest BCUT2D eigenvalue weighted by Gasteiger charge is -2.11. The molecule has 16 heavy (non-hydrogen) atoms. The average molecular weight is 220 g/mol. The van der Waals surface area contributed by atoms with Gasteiger partial charge in [-0.1, -0.05) is 13.8 Å². The van der Waals surface area contributed by atoms with Gasteiger partial charge in [-0.2, -0.15) is 0 Å². The summed E-state index contributed by atoms with van der Waals surface area (Å²) in [4.78, 5) is 8.71. The second-order valence-electron chi connectivity index (χ2n) is 4.71. The number of hydrogen-bond acceptors (Lipinski definition) is 4. The van der Waals surface area contributed by atoms with E-state index in [1.54, 1.807) is 0 Å². The second kappa shape index (κ2) is 4.28. The Bertz CT molecular complexity index is 389. The second-order valence-corrected chi connectivity index (χ2v) is 4.71. The highest BCUT2D eigenvalue weighted by molar-refractivity contribution is 5.54. The SMILES string of the molecule is CCc1nc(N)c(C)c(NCC2CC2C)n1. The number of nitrogens with one attached hydrogen (secondary N) is 1. The quantitative estimate of drug-likeness (QED) is 0.814. The predicted molar refractivity (Wildman–Crippen MR) is 66.3 cm³/mol. The van der Waals surface area contributed by atoms with Crippen molar-refractivity contribution in [2.24, 2.45) is 11.8 Å². The molecule has 2 rings (SSSR count). The molecule has 1 aliphatic rings. The van der Waals surface area contributed by atoms with E-state index in [1.807, 2.05) is 13.8 Å². The van der Waals surface area contributed by atoms with Gasteiger partial charge in [-0.25, -0.2) is 9.97 Å². The molecule has 1 aromatic heterocycles. The van der Waals surface area contributed by atoms with Gasteiger partial charge in [-0.15, -0.1) is 0 Å². The molecule has 0 aliphatic heterocycles. The van der Waals surface area contributed by atoms with E-state index in [2.05, 4.69) is 22.2 Å². The van der Waals surface area contributed by atoms with Crippen LogP contribution in [0.2, 0.25) is 0 Å². The van der Waals surface area contributed by atoms with E-state index in [4.69, 9.17) is 5.73 Å². The molecule has 1 aromatic rings. The minimum atomic E-state index is 0.596. The van der Waals surface area contributed by atoms with Crippen LogP contribution in [0.5, 0.6) is 0 Å². The first-order valence-electron chi connectivity index (χ1n) is 5.98. The molecule has 2 unspecified atom stereocenters. The van der Waals surface area contributed by atoms with Crippen molar-refractivity contribution in [1.82, 2.24) is 9.97 Å². The summed E-state index contributed by atoms with van der Waals surface area (Å²) in [5, 5.41) is 3.39. The van der Waals surface area contributed by atoms with Crippen LogP contribution in [-0.2, 0) is 6.42 Å². The highest BCUT2D eigenvalue weighted by Crippen LogP contribution is 2.37. The molecule has 4 heteroatoms. The third-order valence-corrected chi connectivity index (χ3v) is 3.35. The summed E-state index contributed by atoms with van der Waals surface area (Å²) in [6.07, 6.45) is 2.15. The van der Waals surface area contributed by atoms with Gasteiger partial charge in [-0.3, -0.25) is 0 Å². The number of nitrogens with two attached hydrogens (primary N) is 1. The van der Waals surface area contributed by atoms with E-state index < -0.39 is 0 Å². The maximum atomic E-state index is 5.86. The lowest BCUT2D eigenvalue weighted by molar-refractivity contribution is 0.781. The lowest BCUT2D eigenvalue weighted by Crippen LogP contribution is -2.11. The average Bonchev–Trinajstić information content (AvgIpc) is 2.96. The molecule has 0 saturated heterocycles. The molecule has 1 aliphatic carbocycles. The van der Waals surface area contributed by atoms with Gasteiger partial charge >= 0.3 is 0 Å². The minimum Gasteiger partial charge on any atom is -0.383 e. The number of anilines is 2. The lowest BCUT2D eigenvalue weighted by atomic mass is 10.2. The van der Waals surface area contributed by atoms with Gasteiger partial charge in [0.1, 0.15) is 17.5 Å². The Morgan fingerprint density at radius 2 is 2.12 bits per heavy atom. The molecule has 0 radical (unpaired) electrons. The van der Waals surface area contributed by atoms with E-state index in [0.29, 0.717) is 5.82 Å². The highest BCUT2D eigenvalue weighted by atomic mass is 15.1. The predicted octanol–water partition coefficient (Wildman–Crippen LogP) is 2.00. The van der Waals surface area contributed by atoms with Gasteiger partial charge in [0.15, 0.2) is 0 Å². The topological polar surface area (TPSA) is 63.8 Å². The molecule has 88 valence electrons. The first-order valence-corrected chi connectivity index (χ1v) is 5.98. The van der Waals surface area contributed by atoms with Crippen molar-refractivity contribution in [2.45, 2.75) is 33.6 Å². The van der Waals surface area contributed by atoms with Crippen molar-refractivity contribution in [3.8, 4) is 0 Å². The van der Waals surface area contributed by atoms with Crippen LogP contribution in [0.3, 0.4) is 0 Å². The molecule has 1 saturated carbocycles. The molecule has 2 atom stereocenters. The van der Waals surface area contributed by atoms with Crippen molar-refractivity contribution in [2.75, 3.05) is 17.6 Å². The zero-order valence-corrected chi connectivity index (χ0v) is 10.2. The summed E-state index contributed by atoms with van der Waals surface area (Å²) in [6.45, 7) is 7.29. The number of hydrogen-bond donors (Lipinski definition) is 2. The maximum Gasteiger partial charge on any atom is 0.134 e. The Labute approximate surface area is 96.7 Å². The van der Waals surface area contributed by atoms with Crippen molar-refractivity contribution in [3.63, 3.8) is 0 Å². The van der Waals surface area contributed by atoms with E-state index in [1.165, 1.54) is 6.42 Å². The fourth-order valence-electron chi connectivity index (χ4n) is 1.82. The Hall–Kier alpha value is -1.32. The first kappa shape index (κ1) is 11.2. The van der Waals surface area contributed by atoms with E-state index in [9.17, 15) is 0 Å². The van der Waals surface area contributed by atoms with E-state index in [-0.39, 0.29) is 0 Å².